The van der Waals surface area contributed by atoms with Gasteiger partial charge in [0.25, 0.3) is 0 Å². The number of rotatable bonds is 6. The number of nitrogens with zero attached hydrogens (tertiary/aromatic N) is 1. The number of carbonyl (C=O) groups excluding carboxylic acids is 1. The summed E-state index contributed by atoms with van der Waals surface area (Å²) in [6, 6.07) is 0. The predicted molar refractivity (Wildman–Crippen MR) is 63.6 cm³/mol. The number of hydrogen-bond acceptors (Lipinski definition) is 5. The molecule has 0 aromatic carbocycles. The third kappa shape index (κ3) is 4.61. The Balaban J connectivity index is 2.40. The van der Waals surface area contributed by atoms with Crippen molar-refractivity contribution in [3.63, 3.8) is 0 Å². The molecule has 0 amide bonds. The summed E-state index contributed by atoms with van der Waals surface area (Å²) in [6.45, 7) is 4.71. The van der Waals surface area contributed by atoms with Crippen LogP contribution in [0.4, 0.5) is 0 Å². The fourth-order valence-corrected chi connectivity index (χ4v) is 2.13. The van der Waals surface area contributed by atoms with Gasteiger partial charge in [-0.2, -0.15) is 0 Å². The number of methoxy groups -OCH3 is 2. The molecule has 1 aliphatic rings. The molecule has 1 fully saturated rings. The molecule has 0 bridgehead atoms. The quantitative estimate of drug-likeness (QED) is 0.513. The molecule has 1 unspecified atom stereocenters. The highest BCUT2D eigenvalue weighted by Crippen LogP contribution is 2.18. The first-order valence-corrected chi connectivity index (χ1v) is 6.15. The van der Waals surface area contributed by atoms with Crippen LogP contribution in [0.15, 0.2) is 0 Å². The second-order valence-electron chi connectivity index (χ2n) is 4.25. The highest BCUT2D eigenvalue weighted by atomic mass is 16.7. The van der Waals surface area contributed by atoms with Crippen molar-refractivity contribution in [1.29, 1.82) is 0 Å². The van der Waals surface area contributed by atoms with Crippen molar-refractivity contribution in [2.24, 2.45) is 5.92 Å². The van der Waals surface area contributed by atoms with Crippen molar-refractivity contribution >= 4 is 5.97 Å². The fraction of sp³-hybridized carbons (Fsp3) is 0.917. The number of carbonyl (C=O) groups is 1. The van der Waals surface area contributed by atoms with E-state index in [2.05, 4.69) is 4.90 Å². The summed E-state index contributed by atoms with van der Waals surface area (Å²) < 4.78 is 15.4. The summed E-state index contributed by atoms with van der Waals surface area (Å²) in [5.41, 5.74) is 0. The number of likely N-dealkylation sites (tertiary alicyclic amines) is 1. The molecule has 1 heterocycles. The summed E-state index contributed by atoms with van der Waals surface area (Å²) in [5, 5.41) is 0. The van der Waals surface area contributed by atoms with Crippen molar-refractivity contribution < 1.29 is 19.0 Å². The zero-order chi connectivity index (χ0) is 12.7. The smallest absolute Gasteiger partial charge is 0.310 e. The Labute approximate surface area is 103 Å². The Morgan fingerprint density at radius 2 is 2.12 bits per heavy atom. The van der Waals surface area contributed by atoms with E-state index in [-0.39, 0.29) is 18.2 Å². The van der Waals surface area contributed by atoms with Crippen LogP contribution in [0.5, 0.6) is 0 Å². The maximum absolute atomic E-state index is 11.7. The average molecular weight is 245 g/mol. The Morgan fingerprint density at radius 1 is 1.41 bits per heavy atom. The van der Waals surface area contributed by atoms with E-state index in [1.165, 1.54) is 0 Å². The van der Waals surface area contributed by atoms with E-state index in [1.54, 1.807) is 14.2 Å². The van der Waals surface area contributed by atoms with Crippen molar-refractivity contribution in [3.8, 4) is 0 Å². The molecule has 5 heteroatoms. The Bertz CT molecular complexity index is 231. The van der Waals surface area contributed by atoms with Crippen molar-refractivity contribution in [1.82, 2.24) is 4.90 Å². The largest absolute Gasteiger partial charge is 0.466 e. The van der Waals surface area contributed by atoms with Crippen molar-refractivity contribution in [2.45, 2.75) is 26.1 Å². The van der Waals surface area contributed by atoms with E-state index in [1.807, 2.05) is 6.92 Å². The van der Waals surface area contributed by atoms with Gasteiger partial charge in [-0.1, -0.05) is 0 Å². The van der Waals surface area contributed by atoms with Gasteiger partial charge < -0.3 is 14.2 Å². The Morgan fingerprint density at radius 3 is 2.71 bits per heavy atom. The molecule has 17 heavy (non-hydrogen) atoms. The van der Waals surface area contributed by atoms with Gasteiger partial charge in [0.1, 0.15) is 0 Å². The lowest BCUT2D eigenvalue weighted by Gasteiger charge is -2.33. The van der Waals surface area contributed by atoms with Gasteiger partial charge in [-0.05, 0) is 26.3 Å². The maximum Gasteiger partial charge on any atom is 0.310 e. The highest BCUT2D eigenvalue weighted by molar-refractivity contribution is 5.72. The molecule has 1 rings (SSSR count). The number of hydrogen-bond donors (Lipinski definition) is 0. The summed E-state index contributed by atoms with van der Waals surface area (Å²) in [6.07, 6.45) is 1.71. The molecule has 0 radical (unpaired) electrons. The zero-order valence-electron chi connectivity index (χ0n) is 11.0. The minimum atomic E-state index is -0.226. The molecular formula is C12H23NO4. The van der Waals surface area contributed by atoms with Gasteiger partial charge in [-0.25, -0.2) is 0 Å². The highest BCUT2D eigenvalue weighted by Gasteiger charge is 2.27. The Kier molecular flexibility index (Phi) is 6.47. The van der Waals surface area contributed by atoms with Gasteiger partial charge in [0.15, 0.2) is 6.29 Å². The summed E-state index contributed by atoms with van der Waals surface area (Å²) >= 11 is 0. The molecule has 0 saturated carbocycles. The average Bonchev–Trinajstić information content (AvgIpc) is 2.36. The van der Waals surface area contributed by atoms with Crippen LogP contribution in [-0.2, 0) is 19.0 Å². The predicted octanol–water partition coefficient (Wildman–Crippen LogP) is 0.880. The molecular weight excluding hydrogens is 222 g/mol. The van der Waals surface area contributed by atoms with E-state index in [9.17, 15) is 4.79 Å². The summed E-state index contributed by atoms with van der Waals surface area (Å²) in [5.74, 6) is -0.0818. The fourth-order valence-electron chi connectivity index (χ4n) is 2.13. The minimum absolute atomic E-state index is 0.00179. The monoisotopic (exact) mass is 245 g/mol. The molecule has 1 saturated heterocycles. The topological polar surface area (TPSA) is 48.0 Å². The van der Waals surface area contributed by atoms with Gasteiger partial charge in [0.2, 0.25) is 0 Å². The molecule has 1 atom stereocenters. The molecule has 0 N–H and O–H groups in total. The van der Waals surface area contributed by atoms with Gasteiger partial charge in [-0.15, -0.1) is 0 Å². The van der Waals surface area contributed by atoms with Crippen molar-refractivity contribution in [3.05, 3.63) is 0 Å². The van der Waals surface area contributed by atoms with Crippen molar-refractivity contribution in [2.75, 3.05) is 40.5 Å². The third-order valence-electron chi connectivity index (χ3n) is 3.06. The lowest BCUT2D eigenvalue weighted by Crippen LogP contribution is -2.43. The van der Waals surface area contributed by atoms with E-state index < -0.39 is 0 Å². The summed E-state index contributed by atoms with van der Waals surface area (Å²) in [4.78, 5) is 13.9. The van der Waals surface area contributed by atoms with E-state index in [0.717, 1.165) is 25.9 Å². The molecule has 100 valence electrons. The van der Waals surface area contributed by atoms with Crippen LogP contribution in [0.25, 0.3) is 0 Å². The van der Waals surface area contributed by atoms with Crippen LogP contribution in [0, 0.1) is 5.92 Å². The van der Waals surface area contributed by atoms with E-state index >= 15 is 0 Å². The maximum atomic E-state index is 11.7. The van der Waals surface area contributed by atoms with Crippen LogP contribution in [0.2, 0.25) is 0 Å². The lowest BCUT2D eigenvalue weighted by atomic mass is 9.98. The number of esters is 1. The van der Waals surface area contributed by atoms with E-state index in [4.69, 9.17) is 14.2 Å². The van der Waals surface area contributed by atoms with Gasteiger partial charge >= 0.3 is 5.97 Å². The summed E-state index contributed by atoms with van der Waals surface area (Å²) in [7, 11) is 3.25. The molecule has 0 spiro atoms. The Hall–Kier alpha value is -0.650. The van der Waals surface area contributed by atoms with Crippen LogP contribution >= 0.6 is 0 Å². The lowest BCUT2D eigenvalue weighted by molar-refractivity contribution is -0.152. The number of piperidine rings is 1. The first-order valence-electron chi connectivity index (χ1n) is 6.15. The van der Waals surface area contributed by atoms with Crippen LogP contribution in [0.3, 0.4) is 0 Å². The van der Waals surface area contributed by atoms with Gasteiger partial charge in [0.05, 0.1) is 12.5 Å². The first-order chi connectivity index (χ1) is 8.21. The molecule has 5 nitrogen and oxygen atoms in total. The molecule has 0 aromatic heterocycles. The van der Waals surface area contributed by atoms with Crippen LogP contribution < -0.4 is 0 Å². The van der Waals surface area contributed by atoms with E-state index in [0.29, 0.717) is 13.2 Å². The van der Waals surface area contributed by atoms with Gasteiger partial charge in [0, 0.05) is 27.3 Å². The van der Waals surface area contributed by atoms with Gasteiger partial charge in [-0.3, -0.25) is 9.69 Å². The van der Waals surface area contributed by atoms with Crippen LogP contribution in [-0.4, -0.2) is 57.6 Å². The third-order valence-corrected chi connectivity index (χ3v) is 3.06. The minimum Gasteiger partial charge on any atom is -0.466 e. The second kappa shape index (κ2) is 7.63. The standard InChI is InChI=1S/C12H23NO4/c1-4-17-12(14)10-6-5-7-13(8-10)9-11(15-2)16-3/h10-11H,4-9H2,1-3H3. The zero-order valence-corrected chi connectivity index (χ0v) is 11.0. The number of ether oxygens (including phenoxy) is 3. The molecule has 0 aromatic rings. The van der Waals surface area contributed by atoms with Crippen LogP contribution in [0.1, 0.15) is 19.8 Å². The SMILES string of the molecule is CCOC(=O)C1CCCN(CC(OC)OC)C1. The molecule has 1 aliphatic heterocycles. The molecule has 0 aliphatic carbocycles. The second-order valence-corrected chi connectivity index (χ2v) is 4.25. The normalized spacial score (nSPS) is 21.8. The first kappa shape index (κ1) is 14.4.